The van der Waals surface area contributed by atoms with Crippen molar-refractivity contribution in [1.29, 1.82) is 0 Å². The van der Waals surface area contributed by atoms with Gasteiger partial charge >= 0.3 is 0 Å². The number of amides is 1. The first-order valence-corrected chi connectivity index (χ1v) is 8.34. The highest BCUT2D eigenvalue weighted by atomic mass is 32.2. The SMILES string of the molecule is CSCCCCCNC(=O)c1ccc2c(c1)CCN2. The fourth-order valence-electron chi connectivity index (χ4n) is 2.30. The van der Waals surface area contributed by atoms with Crippen LogP contribution in [0.3, 0.4) is 0 Å². The first kappa shape index (κ1) is 14.3. The molecule has 0 bridgehead atoms. The summed E-state index contributed by atoms with van der Waals surface area (Å²) in [5, 5.41) is 6.31. The Labute approximate surface area is 119 Å². The molecule has 0 saturated heterocycles. The fraction of sp³-hybridized carbons (Fsp3) is 0.533. The highest BCUT2D eigenvalue weighted by Crippen LogP contribution is 2.22. The molecular weight excluding hydrogens is 256 g/mol. The zero-order valence-corrected chi connectivity index (χ0v) is 12.3. The van der Waals surface area contributed by atoms with Crippen LogP contribution in [0.5, 0.6) is 0 Å². The van der Waals surface area contributed by atoms with Gasteiger partial charge in [-0.1, -0.05) is 6.42 Å². The van der Waals surface area contributed by atoms with Crippen LogP contribution in [0.25, 0.3) is 0 Å². The third kappa shape index (κ3) is 4.16. The summed E-state index contributed by atoms with van der Waals surface area (Å²) in [6.07, 6.45) is 6.64. The highest BCUT2D eigenvalue weighted by molar-refractivity contribution is 7.98. The maximum atomic E-state index is 12.0. The van der Waals surface area contributed by atoms with Gasteiger partial charge in [-0.05, 0) is 55.0 Å². The van der Waals surface area contributed by atoms with Crippen LogP contribution < -0.4 is 10.6 Å². The molecule has 0 atom stereocenters. The number of carbonyl (C=O) groups excluding carboxylic acids is 1. The topological polar surface area (TPSA) is 41.1 Å². The maximum Gasteiger partial charge on any atom is 0.251 e. The molecule has 0 saturated carbocycles. The van der Waals surface area contributed by atoms with E-state index in [0.29, 0.717) is 0 Å². The summed E-state index contributed by atoms with van der Waals surface area (Å²) in [5.41, 5.74) is 3.22. The van der Waals surface area contributed by atoms with Crippen molar-refractivity contribution in [2.24, 2.45) is 0 Å². The lowest BCUT2D eigenvalue weighted by atomic mass is 10.1. The summed E-state index contributed by atoms with van der Waals surface area (Å²) in [5.74, 6) is 1.27. The largest absolute Gasteiger partial charge is 0.384 e. The Morgan fingerprint density at radius 2 is 2.26 bits per heavy atom. The van der Waals surface area contributed by atoms with Gasteiger partial charge in [0.25, 0.3) is 5.91 Å². The van der Waals surface area contributed by atoms with E-state index in [2.05, 4.69) is 16.9 Å². The van der Waals surface area contributed by atoms with Gasteiger partial charge in [0.2, 0.25) is 0 Å². The van der Waals surface area contributed by atoms with Gasteiger partial charge in [-0.2, -0.15) is 11.8 Å². The minimum atomic E-state index is 0.0552. The Morgan fingerprint density at radius 3 is 3.11 bits per heavy atom. The molecule has 1 aromatic rings. The van der Waals surface area contributed by atoms with Crippen LogP contribution in [0.1, 0.15) is 35.2 Å². The van der Waals surface area contributed by atoms with E-state index < -0.39 is 0 Å². The van der Waals surface area contributed by atoms with Crippen LogP contribution in [0, 0.1) is 0 Å². The van der Waals surface area contributed by atoms with E-state index in [4.69, 9.17) is 0 Å². The number of unbranched alkanes of at least 4 members (excludes halogenated alkanes) is 2. The van der Waals surface area contributed by atoms with Crippen LogP contribution in [0.15, 0.2) is 18.2 Å². The molecule has 0 radical (unpaired) electrons. The summed E-state index contributed by atoms with van der Waals surface area (Å²) in [7, 11) is 0. The molecule has 0 fully saturated rings. The summed E-state index contributed by atoms with van der Waals surface area (Å²) in [6, 6.07) is 5.92. The first-order valence-electron chi connectivity index (χ1n) is 6.95. The van der Waals surface area contributed by atoms with Crippen molar-refractivity contribution >= 4 is 23.4 Å². The number of carbonyl (C=O) groups is 1. The monoisotopic (exact) mass is 278 g/mol. The average molecular weight is 278 g/mol. The zero-order chi connectivity index (χ0) is 13.5. The molecule has 0 unspecified atom stereocenters. The molecule has 1 aliphatic heterocycles. The number of hydrogen-bond acceptors (Lipinski definition) is 3. The Bertz CT molecular complexity index is 434. The summed E-state index contributed by atoms with van der Waals surface area (Å²) in [6.45, 7) is 1.76. The number of hydrogen-bond donors (Lipinski definition) is 2. The molecule has 1 amide bonds. The molecular formula is C15H22N2OS. The van der Waals surface area contributed by atoms with Crippen molar-refractivity contribution < 1.29 is 4.79 Å². The molecule has 0 aromatic heterocycles. The third-order valence-corrected chi connectivity index (χ3v) is 4.08. The summed E-state index contributed by atoms with van der Waals surface area (Å²) in [4.78, 5) is 12.0. The second-order valence-electron chi connectivity index (χ2n) is 4.86. The molecule has 1 aliphatic rings. The van der Waals surface area contributed by atoms with Gasteiger partial charge in [-0.25, -0.2) is 0 Å². The zero-order valence-electron chi connectivity index (χ0n) is 11.5. The number of fused-ring (bicyclic) bond motifs is 1. The molecule has 1 heterocycles. The molecule has 0 aliphatic carbocycles. The molecule has 104 valence electrons. The predicted molar refractivity (Wildman–Crippen MR) is 83.2 cm³/mol. The summed E-state index contributed by atoms with van der Waals surface area (Å²) < 4.78 is 0. The van der Waals surface area contributed by atoms with Gasteiger partial charge in [-0.15, -0.1) is 0 Å². The minimum Gasteiger partial charge on any atom is -0.384 e. The molecule has 2 N–H and O–H groups in total. The minimum absolute atomic E-state index is 0.0552. The molecule has 4 heteroatoms. The van der Waals surface area contributed by atoms with Crippen LogP contribution >= 0.6 is 11.8 Å². The standard InChI is InChI=1S/C15H22N2OS/c1-19-10-4-2-3-8-17-15(18)13-5-6-14-12(11-13)7-9-16-14/h5-6,11,16H,2-4,7-10H2,1H3,(H,17,18). The number of benzene rings is 1. The van der Waals surface area contributed by atoms with Crippen molar-refractivity contribution in [3.63, 3.8) is 0 Å². The highest BCUT2D eigenvalue weighted by Gasteiger charge is 2.12. The Balaban J connectivity index is 1.74. The quantitative estimate of drug-likeness (QED) is 0.754. The van der Waals surface area contributed by atoms with E-state index in [0.717, 1.165) is 31.5 Å². The lowest BCUT2D eigenvalue weighted by molar-refractivity contribution is 0.0953. The molecule has 3 nitrogen and oxygen atoms in total. The Hall–Kier alpha value is -1.16. The van der Waals surface area contributed by atoms with Crippen molar-refractivity contribution in [1.82, 2.24) is 5.32 Å². The fourth-order valence-corrected chi connectivity index (χ4v) is 2.79. The van der Waals surface area contributed by atoms with Crippen molar-refractivity contribution in [2.45, 2.75) is 25.7 Å². The van der Waals surface area contributed by atoms with Crippen LogP contribution in [0.2, 0.25) is 0 Å². The van der Waals surface area contributed by atoms with Gasteiger partial charge in [0.15, 0.2) is 0 Å². The van der Waals surface area contributed by atoms with Crippen molar-refractivity contribution in [3.05, 3.63) is 29.3 Å². The Morgan fingerprint density at radius 1 is 1.37 bits per heavy atom. The normalized spacial score (nSPS) is 12.9. The van der Waals surface area contributed by atoms with E-state index in [1.807, 2.05) is 30.0 Å². The van der Waals surface area contributed by atoms with E-state index in [-0.39, 0.29) is 5.91 Å². The van der Waals surface area contributed by atoms with Crippen LogP contribution in [0.4, 0.5) is 5.69 Å². The summed E-state index contributed by atoms with van der Waals surface area (Å²) >= 11 is 1.88. The van der Waals surface area contributed by atoms with E-state index in [1.54, 1.807) is 0 Å². The third-order valence-electron chi connectivity index (χ3n) is 3.39. The van der Waals surface area contributed by atoms with Gasteiger partial charge in [0.05, 0.1) is 0 Å². The maximum absolute atomic E-state index is 12.0. The smallest absolute Gasteiger partial charge is 0.251 e. The number of rotatable bonds is 7. The molecule has 1 aromatic carbocycles. The number of nitrogens with one attached hydrogen (secondary N) is 2. The average Bonchev–Trinajstić information content (AvgIpc) is 2.89. The van der Waals surface area contributed by atoms with Crippen LogP contribution in [-0.4, -0.2) is 31.0 Å². The van der Waals surface area contributed by atoms with Crippen molar-refractivity contribution in [2.75, 3.05) is 30.4 Å². The first-order chi connectivity index (χ1) is 9.31. The van der Waals surface area contributed by atoms with Gasteiger partial charge in [0.1, 0.15) is 0 Å². The van der Waals surface area contributed by atoms with Crippen molar-refractivity contribution in [3.8, 4) is 0 Å². The molecule has 19 heavy (non-hydrogen) atoms. The van der Waals surface area contributed by atoms with Gasteiger partial charge < -0.3 is 10.6 Å². The Kier molecular flexibility index (Phi) is 5.58. The number of anilines is 1. The second-order valence-corrected chi connectivity index (χ2v) is 5.84. The van der Waals surface area contributed by atoms with E-state index in [1.165, 1.54) is 29.8 Å². The number of thioether (sulfide) groups is 1. The second kappa shape index (κ2) is 7.43. The van der Waals surface area contributed by atoms with E-state index in [9.17, 15) is 4.79 Å². The lowest BCUT2D eigenvalue weighted by Crippen LogP contribution is -2.24. The van der Waals surface area contributed by atoms with Gasteiger partial charge in [0, 0.05) is 24.3 Å². The van der Waals surface area contributed by atoms with E-state index >= 15 is 0 Å². The predicted octanol–water partition coefficient (Wildman–Crippen LogP) is 2.92. The molecule has 0 spiro atoms. The van der Waals surface area contributed by atoms with Gasteiger partial charge in [-0.3, -0.25) is 4.79 Å². The van der Waals surface area contributed by atoms with Crippen LogP contribution in [-0.2, 0) is 6.42 Å². The lowest BCUT2D eigenvalue weighted by Gasteiger charge is -2.07. The molecule has 2 rings (SSSR count).